The summed E-state index contributed by atoms with van der Waals surface area (Å²) in [6, 6.07) is 18.1. The summed E-state index contributed by atoms with van der Waals surface area (Å²) < 4.78 is 11.6. The topological polar surface area (TPSA) is 22.4 Å². The van der Waals surface area contributed by atoms with Gasteiger partial charge < -0.3 is 9.15 Å². The highest BCUT2D eigenvalue weighted by Crippen LogP contribution is 2.31. The molecule has 0 aliphatic carbocycles. The Balaban J connectivity index is 1.93. The van der Waals surface area contributed by atoms with Gasteiger partial charge in [-0.3, -0.25) is 0 Å². The molecule has 2 heteroatoms. The molecule has 0 fully saturated rings. The fourth-order valence-electron chi connectivity index (χ4n) is 2.28. The van der Waals surface area contributed by atoms with Crippen LogP contribution in [-0.4, -0.2) is 0 Å². The van der Waals surface area contributed by atoms with Crippen LogP contribution in [0.5, 0.6) is 5.75 Å². The molecule has 0 unspecified atom stereocenters. The fraction of sp³-hybridized carbons (Fsp3) is 0.176. The van der Waals surface area contributed by atoms with Gasteiger partial charge in [0.2, 0.25) is 0 Å². The Morgan fingerprint density at radius 3 is 2.63 bits per heavy atom. The summed E-state index contributed by atoms with van der Waals surface area (Å²) in [4.78, 5) is 0. The van der Waals surface area contributed by atoms with E-state index in [1.165, 1.54) is 5.56 Å². The van der Waals surface area contributed by atoms with Gasteiger partial charge in [-0.2, -0.15) is 0 Å². The van der Waals surface area contributed by atoms with E-state index in [2.05, 4.69) is 19.1 Å². The number of benzene rings is 2. The Morgan fingerprint density at radius 2 is 1.84 bits per heavy atom. The van der Waals surface area contributed by atoms with E-state index < -0.39 is 0 Å². The summed E-state index contributed by atoms with van der Waals surface area (Å²) in [7, 11) is 0. The molecule has 0 N–H and O–H groups in total. The lowest BCUT2D eigenvalue weighted by molar-refractivity contribution is 0.204. The van der Waals surface area contributed by atoms with Gasteiger partial charge in [0.15, 0.2) is 0 Å². The van der Waals surface area contributed by atoms with Crippen LogP contribution in [0.25, 0.3) is 11.0 Å². The molecule has 96 valence electrons. The van der Waals surface area contributed by atoms with Crippen LogP contribution in [0.2, 0.25) is 0 Å². The van der Waals surface area contributed by atoms with E-state index in [9.17, 15) is 0 Å². The first kappa shape index (κ1) is 11.8. The highest BCUT2D eigenvalue weighted by Gasteiger charge is 2.13. The van der Waals surface area contributed by atoms with Gasteiger partial charge in [-0.15, -0.1) is 0 Å². The largest absolute Gasteiger partial charge is 0.485 e. The van der Waals surface area contributed by atoms with Crippen molar-refractivity contribution in [2.75, 3.05) is 0 Å². The Kier molecular flexibility index (Phi) is 3.23. The summed E-state index contributed by atoms with van der Waals surface area (Å²) in [5.41, 5.74) is 2.06. The Labute approximate surface area is 112 Å². The molecule has 0 saturated heterocycles. The Morgan fingerprint density at radius 1 is 1.00 bits per heavy atom. The summed E-state index contributed by atoms with van der Waals surface area (Å²) in [5.74, 6) is 0.877. The van der Waals surface area contributed by atoms with Crippen molar-refractivity contribution in [1.82, 2.24) is 0 Å². The monoisotopic (exact) mass is 252 g/mol. The number of fused-ring (bicyclic) bond motifs is 1. The fourth-order valence-corrected chi connectivity index (χ4v) is 2.28. The standard InChI is InChI=1S/C17H16O2/c1-2-15(13-7-4-3-5-8-13)19-17-10-6-9-16-14(17)11-12-18-16/h3-12,15H,2H2,1H3/t15-/m0/s1. The minimum atomic E-state index is 0.0710. The van der Waals surface area contributed by atoms with Gasteiger partial charge in [-0.05, 0) is 30.2 Å². The first-order chi connectivity index (χ1) is 9.38. The second-order valence-electron chi connectivity index (χ2n) is 4.51. The van der Waals surface area contributed by atoms with E-state index in [4.69, 9.17) is 9.15 Å². The van der Waals surface area contributed by atoms with Crippen LogP contribution in [0.4, 0.5) is 0 Å². The second kappa shape index (κ2) is 5.19. The van der Waals surface area contributed by atoms with Crippen LogP contribution in [0.3, 0.4) is 0 Å². The van der Waals surface area contributed by atoms with E-state index in [-0.39, 0.29) is 6.10 Å². The van der Waals surface area contributed by atoms with Crippen molar-refractivity contribution >= 4 is 11.0 Å². The third-order valence-corrected chi connectivity index (χ3v) is 3.27. The van der Waals surface area contributed by atoms with Crippen LogP contribution in [-0.2, 0) is 0 Å². The van der Waals surface area contributed by atoms with Crippen molar-refractivity contribution < 1.29 is 9.15 Å². The lowest BCUT2D eigenvalue weighted by Gasteiger charge is -2.18. The molecule has 2 aromatic carbocycles. The van der Waals surface area contributed by atoms with E-state index in [1.807, 2.05) is 42.5 Å². The summed E-state index contributed by atoms with van der Waals surface area (Å²) in [6.45, 7) is 2.13. The van der Waals surface area contributed by atoms with Crippen LogP contribution >= 0.6 is 0 Å². The molecule has 1 aromatic heterocycles. The van der Waals surface area contributed by atoms with Crippen LogP contribution < -0.4 is 4.74 Å². The van der Waals surface area contributed by atoms with Gasteiger partial charge in [-0.1, -0.05) is 43.3 Å². The Hall–Kier alpha value is -2.22. The van der Waals surface area contributed by atoms with Crippen molar-refractivity contribution in [2.24, 2.45) is 0 Å². The molecular weight excluding hydrogens is 236 g/mol. The minimum absolute atomic E-state index is 0.0710. The smallest absolute Gasteiger partial charge is 0.137 e. The average molecular weight is 252 g/mol. The first-order valence-corrected chi connectivity index (χ1v) is 6.56. The molecule has 3 rings (SSSR count). The predicted octanol–water partition coefficient (Wildman–Crippen LogP) is 4.96. The second-order valence-corrected chi connectivity index (χ2v) is 4.51. The minimum Gasteiger partial charge on any atom is -0.485 e. The molecule has 0 spiro atoms. The SMILES string of the molecule is CC[C@H](Oc1cccc2occc12)c1ccccc1. The lowest BCUT2D eigenvalue weighted by Crippen LogP contribution is -2.06. The zero-order chi connectivity index (χ0) is 13.1. The summed E-state index contributed by atoms with van der Waals surface area (Å²) in [5, 5.41) is 1.02. The number of rotatable bonds is 4. The molecule has 3 aromatic rings. The highest BCUT2D eigenvalue weighted by atomic mass is 16.5. The number of furan rings is 1. The molecule has 0 bridgehead atoms. The van der Waals surface area contributed by atoms with Crippen LogP contribution in [0.15, 0.2) is 65.3 Å². The number of hydrogen-bond donors (Lipinski definition) is 0. The third kappa shape index (κ3) is 2.34. The molecular formula is C17H16O2. The van der Waals surface area contributed by atoms with Crippen molar-refractivity contribution in [3.8, 4) is 5.75 Å². The van der Waals surface area contributed by atoms with Crippen LogP contribution in [0.1, 0.15) is 25.0 Å². The molecule has 1 heterocycles. The quantitative estimate of drug-likeness (QED) is 0.654. The normalized spacial score (nSPS) is 12.5. The van der Waals surface area contributed by atoms with Crippen LogP contribution in [0, 0.1) is 0 Å². The number of ether oxygens (including phenoxy) is 1. The van der Waals surface area contributed by atoms with Gasteiger partial charge >= 0.3 is 0 Å². The maximum absolute atomic E-state index is 6.16. The van der Waals surface area contributed by atoms with Gasteiger partial charge in [0.05, 0.1) is 11.6 Å². The zero-order valence-corrected chi connectivity index (χ0v) is 10.9. The lowest BCUT2D eigenvalue weighted by atomic mass is 10.1. The van der Waals surface area contributed by atoms with Crippen molar-refractivity contribution in [1.29, 1.82) is 0 Å². The van der Waals surface area contributed by atoms with Gasteiger partial charge in [0.1, 0.15) is 17.4 Å². The summed E-state index contributed by atoms with van der Waals surface area (Å²) >= 11 is 0. The van der Waals surface area contributed by atoms with Gasteiger partial charge in [0, 0.05) is 0 Å². The average Bonchev–Trinajstić information content (AvgIpc) is 2.95. The molecule has 19 heavy (non-hydrogen) atoms. The first-order valence-electron chi connectivity index (χ1n) is 6.56. The van der Waals surface area contributed by atoms with Crippen molar-refractivity contribution in [2.45, 2.75) is 19.4 Å². The van der Waals surface area contributed by atoms with Gasteiger partial charge in [0.25, 0.3) is 0 Å². The van der Waals surface area contributed by atoms with E-state index >= 15 is 0 Å². The zero-order valence-electron chi connectivity index (χ0n) is 10.9. The molecule has 0 aliphatic rings. The molecule has 2 nitrogen and oxygen atoms in total. The van der Waals surface area contributed by atoms with Crippen molar-refractivity contribution in [3.63, 3.8) is 0 Å². The highest BCUT2D eigenvalue weighted by molar-refractivity contribution is 5.83. The molecule has 0 amide bonds. The number of hydrogen-bond acceptors (Lipinski definition) is 2. The van der Waals surface area contributed by atoms with E-state index in [0.29, 0.717) is 0 Å². The summed E-state index contributed by atoms with van der Waals surface area (Å²) in [6.07, 6.45) is 2.70. The predicted molar refractivity (Wildman–Crippen MR) is 76.3 cm³/mol. The third-order valence-electron chi connectivity index (χ3n) is 3.27. The maximum Gasteiger partial charge on any atom is 0.137 e. The molecule has 1 atom stereocenters. The van der Waals surface area contributed by atoms with Crippen molar-refractivity contribution in [3.05, 3.63) is 66.4 Å². The maximum atomic E-state index is 6.16. The van der Waals surface area contributed by atoms with E-state index in [0.717, 1.165) is 23.1 Å². The molecule has 0 aliphatic heterocycles. The van der Waals surface area contributed by atoms with Gasteiger partial charge in [-0.25, -0.2) is 0 Å². The molecule has 0 radical (unpaired) electrons. The van der Waals surface area contributed by atoms with E-state index in [1.54, 1.807) is 6.26 Å². The molecule has 0 saturated carbocycles. The Bertz CT molecular complexity index is 655.